The van der Waals surface area contributed by atoms with Crippen LogP contribution in [0, 0.1) is 13.8 Å². The minimum absolute atomic E-state index is 0.868. The molecule has 3 rings (SSSR count). The van der Waals surface area contributed by atoms with E-state index in [0.717, 1.165) is 28.2 Å². The molecule has 0 aromatic carbocycles. The summed E-state index contributed by atoms with van der Waals surface area (Å²) in [4.78, 5) is 4.50. The normalized spacial score (nSPS) is 11.2. The molecule has 0 saturated carbocycles. The van der Waals surface area contributed by atoms with E-state index in [2.05, 4.69) is 22.1 Å². The van der Waals surface area contributed by atoms with E-state index in [1.807, 2.05) is 36.9 Å². The first-order chi connectivity index (χ1) is 8.16. The average molecular weight is 227 g/mol. The van der Waals surface area contributed by atoms with Gasteiger partial charge in [0.2, 0.25) is 0 Å². The van der Waals surface area contributed by atoms with Crippen LogP contribution < -0.4 is 0 Å². The van der Waals surface area contributed by atoms with E-state index in [1.54, 1.807) is 10.9 Å². The lowest BCUT2D eigenvalue weighted by atomic mass is 10.1. The zero-order valence-electron chi connectivity index (χ0n) is 10.0. The fourth-order valence-corrected chi connectivity index (χ4v) is 2.02. The zero-order chi connectivity index (χ0) is 12.0. The molecule has 0 aliphatic heterocycles. The Labute approximate surface area is 98.7 Å². The maximum absolute atomic E-state index is 4.50. The monoisotopic (exact) mass is 227 g/mol. The highest BCUT2D eigenvalue weighted by Crippen LogP contribution is 2.24. The van der Waals surface area contributed by atoms with Gasteiger partial charge in [-0.2, -0.15) is 10.2 Å². The molecule has 0 saturated heterocycles. The molecular weight excluding hydrogens is 214 g/mol. The summed E-state index contributed by atoms with van der Waals surface area (Å²) in [6, 6.07) is 1.91. The quantitative estimate of drug-likeness (QED) is 0.636. The Morgan fingerprint density at radius 1 is 1.18 bits per heavy atom. The average Bonchev–Trinajstić information content (AvgIpc) is 2.89. The molecule has 0 unspecified atom stereocenters. The molecule has 17 heavy (non-hydrogen) atoms. The van der Waals surface area contributed by atoms with Crippen LogP contribution in [0.3, 0.4) is 0 Å². The molecule has 0 spiro atoms. The van der Waals surface area contributed by atoms with Crippen LogP contribution >= 0.6 is 0 Å². The summed E-state index contributed by atoms with van der Waals surface area (Å²) >= 11 is 0. The van der Waals surface area contributed by atoms with Gasteiger partial charge in [-0.25, -0.2) is 9.50 Å². The van der Waals surface area contributed by atoms with Gasteiger partial charge in [0.15, 0.2) is 5.65 Å². The highest BCUT2D eigenvalue weighted by molar-refractivity contribution is 5.65. The van der Waals surface area contributed by atoms with Crippen molar-refractivity contribution in [3.8, 4) is 11.3 Å². The van der Waals surface area contributed by atoms with E-state index in [4.69, 9.17) is 0 Å². The van der Waals surface area contributed by atoms with E-state index >= 15 is 0 Å². The van der Waals surface area contributed by atoms with Gasteiger partial charge in [0.1, 0.15) is 0 Å². The molecule has 0 fully saturated rings. The molecular formula is C12H13N5. The van der Waals surface area contributed by atoms with E-state index < -0.39 is 0 Å². The summed E-state index contributed by atoms with van der Waals surface area (Å²) in [5, 5.41) is 8.53. The van der Waals surface area contributed by atoms with Crippen molar-refractivity contribution in [2.24, 2.45) is 7.05 Å². The second-order valence-corrected chi connectivity index (χ2v) is 4.17. The molecule has 86 valence electrons. The van der Waals surface area contributed by atoms with Crippen LogP contribution in [0.2, 0.25) is 0 Å². The van der Waals surface area contributed by atoms with Crippen molar-refractivity contribution in [3.63, 3.8) is 0 Å². The molecule has 0 aliphatic rings. The molecule has 0 N–H and O–H groups in total. The van der Waals surface area contributed by atoms with Crippen LogP contribution in [-0.2, 0) is 7.05 Å². The highest BCUT2D eigenvalue weighted by Gasteiger charge is 2.13. The van der Waals surface area contributed by atoms with Crippen LogP contribution in [0.5, 0.6) is 0 Å². The van der Waals surface area contributed by atoms with Crippen LogP contribution in [0.4, 0.5) is 0 Å². The molecule has 0 atom stereocenters. The third kappa shape index (κ3) is 1.43. The second-order valence-electron chi connectivity index (χ2n) is 4.17. The van der Waals surface area contributed by atoms with Crippen molar-refractivity contribution < 1.29 is 0 Å². The van der Waals surface area contributed by atoms with Gasteiger partial charge in [-0.1, -0.05) is 0 Å². The molecule has 5 nitrogen and oxygen atoms in total. The summed E-state index contributed by atoms with van der Waals surface area (Å²) in [7, 11) is 1.91. The van der Waals surface area contributed by atoms with E-state index in [-0.39, 0.29) is 0 Å². The van der Waals surface area contributed by atoms with Crippen molar-refractivity contribution in [3.05, 3.63) is 35.9 Å². The second kappa shape index (κ2) is 3.41. The van der Waals surface area contributed by atoms with Crippen LogP contribution in [0.1, 0.15) is 11.3 Å². The molecule has 0 bridgehead atoms. The first kappa shape index (κ1) is 10.0. The minimum Gasteiger partial charge on any atom is -0.275 e. The van der Waals surface area contributed by atoms with Crippen LogP contribution in [0.25, 0.3) is 16.9 Å². The Morgan fingerprint density at radius 3 is 2.71 bits per heavy atom. The van der Waals surface area contributed by atoms with Gasteiger partial charge in [0.05, 0.1) is 18.1 Å². The van der Waals surface area contributed by atoms with Crippen LogP contribution in [0.15, 0.2) is 24.7 Å². The summed E-state index contributed by atoms with van der Waals surface area (Å²) < 4.78 is 3.65. The van der Waals surface area contributed by atoms with E-state index in [1.165, 1.54) is 0 Å². The van der Waals surface area contributed by atoms with Gasteiger partial charge in [-0.05, 0) is 19.4 Å². The predicted molar refractivity (Wildman–Crippen MR) is 64.7 cm³/mol. The molecule has 3 aromatic rings. The van der Waals surface area contributed by atoms with Gasteiger partial charge in [-0.15, -0.1) is 0 Å². The Kier molecular flexibility index (Phi) is 2.01. The van der Waals surface area contributed by atoms with Crippen molar-refractivity contribution in [2.45, 2.75) is 13.8 Å². The maximum atomic E-state index is 4.50. The van der Waals surface area contributed by atoms with Crippen molar-refractivity contribution >= 4 is 5.65 Å². The Balaban J connectivity index is 2.40. The number of hydrogen-bond acceptors (Lipinski definition) is 3. The van der Waals surface area contributed by atoms with Crippen molar-refractivity contribution in [2.75, 3.05) is 0 Å². The van der Waals surface area contributed by atoms with E-state index in [9.17, 15) is 0 Å². The third-order valence-corrected chi connectivity index (χ3v) is 2.99. The molecule has 0 aliphatic carbocycles. The Bertz CT molecular complexity index is 692. The van der Waals surface area contributed by atoms with Crippen LogP contribution in [-0.4, -0.2) is 24.4 Å². The van der Waals surface area contributed by atoms with Crippen molar-refractivity contribution in [1.82, 2.24) is 24.4 Å². The largest absolute Gasteiger partial charge is 0.275 e. The van der Waals surface area contributed by atoms with E-state index in [0.29, 0.717) is 0 Å². The van der Waals surface area contributed by atoms with Gasteiger partial charge in [0, 0.05) is 30.6 Å². The third-order valence-electron chi connectivity index (χ3n) is 2.99. The lowest BCUT2D eigenvalue weighted by Crippen LogP contribution is -2.01. The van der Waals surface area contributed by atoms with Gasteiger partial charge in [0.25, 0.3) is 0 Å². The number of fused-ring (bicyclic) bond motifs is 1. The van der Waals surface area contributed by atoms with Gasteiger partial charge in [-0.3, -0.25) is 4.68 Å². The molecule has 3 aromatic heterocycles. The van der Waals surface area contributed by atoms with Crippen molar-refractivity contribution in [1.29, 1.82) is 0 Å². The zero-order valence-corrected chi connectivity index (χ0v) is 10.0. The number of rotatable bonds is 1. The molecule has 0 amide bonds. The van der Waals surface area contributed by atoms with Gasteiger partial charge < -0.3 is 0 Å². The topological polar surface area (TPSA) is 48.0 Å². The number of nitrogens with zero attached hydrogens (tertiary/aromatic N) is 5. The fraction of sp³-hybridized carbons (Fsp3) is 0.250. The lowest BCUT2D eigenvalue weighted by molar-refractivity contribution is 0.768. The smallest absolute Gasteiger partial charge is 0.155 e. The lowest BCUT2D eigenvalue weighted by Gasteiger charge is -2.08. The Morgan fingerprint density at radius 2 is 2.00 bits per heavy atom. The fourth-order valence-electron chi connectivity index (χ4n) is 2.02. The summed E-state index contributed by atoms with van der Waals surface area (Å²) in [6.07, 6.45) is 5.60. The predicted octanol–water partition coefficient (Wildman–Crippen LogP) is 1.75. The Hall–Kier alpha value is -2.17. The summed E-state index contributed by atoms with van der Waals surface area (Å²) in [5.41, 5.74) is 5.15. The number of aryl methyl sites for hydroxylation is 2. The first-order valence-corrected chi connectivity index (χ1v) is 5.47. The summed E-state index contributed by atoms with van der Waals surface area (Å²) in [6.45, 7) is 4.08. The highest BCUT2D eigenvalue weighted by atomic mass is 15.3. The number of aromatic nitrogens is 5. The maximum Gasteiger partial charge on any atom is 0.155 e. The molecule has 0 radical (unpaired) electrons. The molecule has 3 heterocycles. The standard InChI is InChI=1S/C12H13N5/c1-8-9(2)15-11-4-5-13-17(11)12(8)10-6-14-16(3)7-10/h4-7H,1-3H3. The SMILES string of the molecule is Cc1nc2ccnn2c(-c2cnn(C)c2)c1C. The summed E-state index contributed by atoms with van der Waals surface area (Å²) in [5.74, 6) is 0. The number of hydrogen-bond donors (Lipinski definition) is 0. The molecule has 5 heteroatoms. The minimum atomic E-state index is 0.868. The van der Waals surface area contributed by atoms with Gasteiger partial charge >= 0.3 is 0 Å². The first-order valence-electron chi connectivity index (χ1n) is 5.47.